The summed E-state index contributed by atoms with van der Waals surface area (Å²) in [5.74, 6) is -0.279. The lowest BCUT2D eigenvalue weighted by atomic mass is 9.96. The molecule has 0 aromatic heterocycles. The van der Waals surface area contributed by atoms with Crippen molar-refractivity contribution < 1.29 is 19.1 Å². The monoisotopic (exact) mass is 365 g/mol. The summed E-state index contributed by atoms with van der Waals surface area (Å²) in [5.41, 5.74) is 9.68. The Morgan fingerprint density at radius 3 is 2.67 bits per heavy atom. The molecule has 2 heterocycles. The predicted octanol–water partition coefficient (Wildman–Crippen LogP) is 1.71. The highest BCUT2D eigenvalue weighted by atomic mass is 16.5. The topological polar surface area (TPSA) is 102 Å². The van der Waals surface area contributed by atoms with Crippen molar-refractivity contribution in [3.05, 3.63) is 47.5 Å². The number of carbonyl (C=O) groups excluding carboxylic acids is 3. The Hall–Kier alpha value is -3.35. The minimum absolute atomic E-state index is 0.197. The van der Waals surface area contributed by atoms with Crippen LogP contribution in [0, 0.1) is 0 Å². The maximum atomic E-state index is 12.9. The fourth-order valence-electron chi connectivity index (χ4n) is 3.75. The van der Waals surface area contributed by atoms with Crippen molar-refractivity contribution in [2.75, 3.05) is 12.8 Å². The first-order valence-corrected chi connectivity index (χ1v) is 8.69. The molecular formula is C20H19N3O4. The van der Waals surface area contributed by atoms with Gasteiger partial charge in [0.2, 0.25) is 11.8 Å². The highest BCUT2D eigenvalue weighted by Gasteiger charge is 2.39. The summed E-state index contributed by atoms with van der Waals surface area (Å²) in [7, 11) is 1.57. The molecule has 0 bridgehead atoms. The minimum atomic E-state index is -0.633. The van der Waals surface area contributed by atoms with E-state index in [1.807, 2.05) is 24.3 Å². The number of fused-ring (bicyclic) bond motifs is 1. The van der Waals surface area contributed by atoms with Gasteiger partial charge in [0.1, 0.15) is 11.8 Å². The lowest BCUT2D eigenvalue weighted by Gasteiger charge is -2.29. The van der Waals surface area contributed by atoms with E-state index in [-0.39, 0.29) is 18.2 Å². The molecule has 2 aromatic carbocycles. The van der Waals surface area contributed by atoms with Gasteiger partial charge in [-0.1, -0.05) is 12.1 Å². The van der Waals surface area contributed by atoms with Gasteiger partial charge in [-0.15, -0.1) is 0 Å². The number of hydrogen-bond donors (Lipinski definition) is 2. The summed E-state index contributed by atoms with van der Waals surface area (Å²) in [6.45, 7) is 0.313. The summed E-state index contributed by atoms with van der Waals surface area (Å²) < 4.78 is 5.30. The second-order valence-electron chi connectivity index (χ2n) is 6.73. The van der Waals surface area contributed by atoms with Gasteiger partial charge in [0.05, 0.1) is 7.11 Å². The normalized spacial score (nSPS) is 19.1. The van der Waals surface area contributed by atoms with Gasteiger partial charge >= 0.3 is 0 Å². The van der Waals surface area contributed by atoms with Crippen LogP contribution in [-0.4, -0.2) is 35.8 Å². The van der Waals surface area contributed by atoms with Crippen LogP contribution in [0.25, 0.3) is 11.1 Å². The number of nitrogens with zero attached hydrogens (tertiary/aromatic N) is 1. The third kappa shape index (κ3) is 2.91. The number of nitrogen functional groups attached to an aromatic ring is 1. The smallest absolute Gasteiger partial charge is 0.255 e. The first-order valence-electron chi connectivity index (χ1n) is 8.69. The third-order valence-corrected chi connectivity index (χ3v) is 5.06. The first-order chi connectivity index (χ1) is 13.0. The lowest BCUT2D eigenvalue weighted by Crippen LogP contribution is -2.52. The van der Waals surface area contributed by atoms with Crippen LogP contribution in [0.2, 0.25) is 0 Å². The van der Waals surface area contributed by atoms with Crippen LogP contribution in [0.5, 0.6) is 5.75 Å². The van der Waals surface area contributed by atoms with Gasteiger partial charge in [0.15, 0.2) is 0 Å². The summed E-state index contributed by atoms with van der Waals surface area (Å²) in [4.78, 5) is 38.1. The first kappa shape index (κ1) is 17.1. The van der Waals surface area contributed by atoms with Crippen molar-refractivity contribution in [1.29, 1.82) is 0 Å². The second-order valence-corrected chi connectivity index (χ2v) is 6.73. The van der Waals surface area contributed by atoms with Crippen LogP contribution in [0.1, 0.15) is 28.8 Å². The molecule has 1 unspecified atom stereocenters. The average molecular weight is 365 g/mol. The van der Waals surface area contributed by atoms with Crippen molar-refractivity contribution in [2.45, 2.75) is 25.4 Å². The molecule has 1 saturated heterocycles. The Labute approximate surface area is 156 Å². The highest BCUT2D eigenvalue weighted by molar-refractivity contribution is 6.06. The highest BCUT2D eigenvalue weighted by Crippen LogP contribution is 2.36. The number of ether oxygens (including phenoxy) is 1. The number of carbonyl (C=O) groups is 3. The van der Waals surface area contributed by atoms with Crippen molar-refractivity contribution >= 4 is 23.4 Å². The van der Waals surface area contributed by atoms with Crippen LogP contribution in [0.3, 0.4) is 0 Å². The Morgan fingerprint density at radius 1 is 1.15 bits per heavy atom. The van der Waals surface area contributed by atoms with Gasteiger partial charge < -0.3 is 15.4 Å². The van der Waals surface area contributed by atoms with Crippen LogP contribution in [0.4, 0.5) is 5.69 Å². The van der Waals surface area contributed by atoms with E-state index in [1.165, 1.54) is 0 Å². The van der Waals surface area contributed by atoms with Crippen LogP contribution >= 0.6 is 0 Å². The molecule has 27 heavy (non-hydrogen) atoms. The number of hydrogen-bond acceptors (Lipinski definition) is 5. The van der Waals surface area contributed by atoms with Crippen molar-refractivity contribution in [2.24, 2.45) is 0 Å². The van der Waals surface area contributed by atoms with Gasteiger partial charge in [-0.25, -0.2) is 0 Å². The van der Waals surface area contributed by atoms with Gasteiger partial charge in [0.25, 0.3) is 5.91 Å². The zero-order valence-corrected chi connectivity index (χ0v) is 14.8. The van der Waals surface area contributed by atoms with Crippen molar-refractivity contribution in [1.82, 2.24) is 10.2 Å². The molecule has 0 aliphatic carbocycles. The summed E-state index contributed by atoms with van der Waals surface area (Å²) in [6, 6.07) is 10.3. The molecule has 3 N–H and O–H groups in total. The van der Waals surface area contributed by atoms with Crippen molar-refractivity contribution in [3.63, 3.8) is 0 Å². The number of benzene rings is 2. The molecular weight excluding hydrogens is 346 g/mol. The van der Waals surface area contributed by atoms with E-state index in [2.05, 4.69) is 5.32 Å². The fourth-order valence-corrected chi connectivity index (χ4v) is 3.75. The standard InChI is InChI=1S/C20H19N3O4/c1-27-13-8-11(7-12(21)9-13)14-3-2-4-15-16(14)10-23(20(15)26)17-5-6-18(24)22-19(17)25/h2-4,7-9,17H,5-6,10,21H2,1H3,(H,22,24,25). The molecule has 2 aliphatic heterocycles. The molecule has 3 amide bonds. The molecule has 7 nitrogen and oxygen atoms in total. The number of amides is 3. The molecule has 138 valence electrons. The zero-order chi connectivity index (χ0) is 19.1. The molecule has 2 aliphatic rings. The molecule has 7 heteroatoms. The molecule has 1 atom stereocenters. The number of nitrogens with two attached hydrogens (primary N) is 1. The number of imide groups is 1. The molecule has 4 rings (SSSR count). The molecule has 1 fully saturated rings. The van der Waals surface area contributed by atoms with E-state index < -0.39 is 11.9 Å². The number of piperidine rings is 1. The second kappa shape index (κ2) is 6.42. The van der Waals surface area contributed by atoms with E-state index in [0.29, 0.717) is 30.0 Å². The summed E-state index contributed by atoms with van der Waals surface area (Å²) in [5, 5.41) is 2.32. The Bertz CT molecular complexity index is 970. The number of methoxy groups -OCH3 is 1. The van der Waals surface area contributed by atoms with E-state index in [1.54, 1.807) is 24.1 Å². The lowest BCUT2D eigenvalue weighted by molar-refractivity contribution is -0.136. The molecule has 0 spiro atoms. The van der Waals surface area contributed by atoms with Crippen LogP contribution < -0.4 is 15.8 Å². The van der Waals surface area contributed by atoms with E-state index in [0.717, 1.165) is 16.7 Å². The molecule has 0 saturated carbocycles. The molecule has 0 radical (unpaired) electrons. The van der Waals surface area contributed by atoms with Gasteiger partial charge in [-0.05, 0) is 41.3 Å². The quantitative estimate of drug-likeness (QED) is 0.637. The zero-order valence-electron chi connectivity index (χ0n) is 14.8. The average Bonchev–Trinajstić information content (AvgIpc) is 2.98. The van der Waals surface area contributed by atoms with E-state index in [9.17, 15) is 14.4 Å². The van der Waals surface area contributed by atoms with Gasteiger partial charge in [0, 0.05) is 30.3 Å². The largest absolute Gasteiger partial charge is 0.497 e. The van der Waals surface area contributed by atoms with E-state index >= 15 is 0 Å². The number of anilines is 1. The fraction of sp³-hybridized carbons (Fsp3) is 0.250. The maximum Gasteiger partial charge on any atom is 0.255 e. The Kier molecular flexibility index (Phi) is 4.07. The predicted molar refractivity (Wildman–Crippen MR) is 98.9 cm³/mol. The number of nitrogens with one attached hydrogen (secondary N) is 1. The van der Waals surface area contributed by atoms with Crippen LogP contribution in [0.15, 0.2) is 36.4 Å². The third-order valence-electron chi connectivity index (χ3n) is 5.06. The van der Waals surface area contributed by atoms with Gasteiger partial charge in [-0.3, -0.25) is 19.7 Å². The van der Waals surface area contributed by atoms with Crippen molar-refractivity contribution in [3.8, 4) is 16.9 Å². The molecule has 2 aromatic rings. The Morgan fingerprint density at radius 2 is 1.93 bits per heavy atom. The van der Waals surface area contributed by atoms with E-state index in [4.69, 9.17) is 10.5 Å². The van der Waals surface area contributed by atoms with Gasteiger partial charge in [-0.2, -0.15) is 0 Å². The summed E-state index contributed by atoms with van der Waals surface area (Å²) >= 11 is 0. The SMILES string of the molecule is COc1cc(N)cc(-c2cccc3c2CN(C2CCC(=O)NC2=O)C3=O)c1. The number of rotatable bonds is 3. The summed E-state index contributed by atoms with van der Waals surface area (Å²) in [6.07, 6.45) is 0.571. The van der Waals surface area contributed by atoms with Crippen LogP contribution in [-0.2, 0) is 16.1 Å². The Balaban J connectivity index is 1.72. The maximum absolute atomic E-state index is 12.9. The minimum Gasteiger partial charge on any atom is -0.497 e.